The van der Waals surface area contributed by atoms with Gasteiger partial charge in [0.05, 0.1) is 12.2 Å². The van der Waals surface area contributed by atoms with Gasteiger partial charge in [-0.3, -0.25) is 0 Å². The van der Waals surface area contributed by atoms with Crippen LogP contribution in [0, 0.1) is 23.2 Å². The van der Waals surface area contributed by atoms with Gasteiger partial charge < -0.3 is 9.31 Å². The highest BCUT2D eigenvalue weighted by atomic mass is 16.7. The first-order chi connectivity index (χ1) is 7.98. The summed E-state index contributed by atoms with van der Waals surface area (Å²) in [6.07, 6.45) is 5.68. The highest BCUT2D eigenvalue weighted by molar-refractivity contribution is 6.45. The summed E-state index contributed by atoms with van der Waals surface area (Å²) in [5, 5.41) is 0. The van der Waals surface area contributed by atoms with Gasteiger partial charge in [-0.1, -0.05) is 34.1 Å². The SMILES string of the molecule is CC(C)CCB1OC2CC3CC(C2O1)C3(C)C. The number of hydrogen-bond acceptors (Lipinski definition) is 2. The molecule has 1 aliphatic heterocycles. The predicted octanol–water partition coefficient (Wildman–Crippen LogP) is 3.37. The van der Waals surface area contributed by atoms with E-state index in [-0.39, 0.29) is 7.12 Å². The Morgan fingerprint density at radius 2 is 2.00 bits per heavy atom. The van der Waals surface area contributed by atoms with Gasteiger partial charge in [0.25, 0.3) is 0 Å². The molecule has 3 heteroatoms. The zero-order valence-electron chi connectivity index (χ0n) is 11.6. The summed E-state index contributed by atoms with van der Waals surface area (Å²) in [6.45, 7) is 9.35. The standard InChI is InChI=1S/C14H25BO2/c1-9(2)5-6-15-16-12-8-10-7-11(13(12)17-15)14(10,3)4/h9-13H,5-8H2,1-4H3. The largest absolute Gasteiger partial charge is 0.457 e. The fourth-order valence-electron chi connectivity index (χ4n) is 4.01. The molecule has 1 saturated heterocycles. The molecule has 0 N–H and O–H groups in total. The van der Waals surface area contributed by atoms with Crippen molar-refractivity contribution in [2.45, 2.75) is 65.5 Å². The zero-order chi connectivity index (χ0) is 12.2. The van der Waals surface area contributed by atoms with E-state index in [1.165, 1.54) is 19.3 Å². The van der Waals surface area contributed by atoms with E-state index in [9.17, 15) is 0 Å². The van der Waals surface area contributed by atoms with Gasteiger partial charge in [0, 0.05) is 0 Å². The predicted molar refractivity (Wildman–Crippen MR) is 69.8 cm³/mol. The van der Waals surface area contributed by atoms with E-state index >= 15 is 0 Å². The summed E-state index contributed by atoms with van der Waals surface area (Å²) in [5.41, 5.74) is 0.497. The van der Waals surface area contributed by atoms with E-state index in [2.05, 4.69) is 27.7 Å². The van der Waals surface area contributed by atoms with Crippen molar-refractivity contribution in [3.63, 3.8) is 0 Å². The second-order valence-corrected chi connectivity index (χ2v) is 7.27. The summed E-state index contributed by atoms with van der Waals surface area (Å²) in [6, 6.07) is 0. The van der Waals surface area contributed by atoms with Gasteiger partial charge in [-0.15, -0.1) is 0 Å². The third-order valence-corrected chi connectivity index (χ3v) is 5.44. The number of rotatable bonds is 3. The van der Waals surface area contributed by atoms with Crippen molar-refractivity contribution in [1.29, 1.82) is 0 Å². The molecule has 4 fully saturated rings. The van der Waals surface area contributed by atoms with Crippen molar-refractivity contribution in [2.75, 3.05) is 0 Å². The van der Waals surface area contributed by atoms with Crippen LogP contribution in [-0.4, -0.2) is 19.3 Å². The maximum Gasteiger partial charge on any atom is 0.457 e. The molecule has 2 bridgehead atoms. The molecule has 0 aromatic heterocycles. The van der Waals surface area contributed by atoms with Gasteiger partial charge in [-0.05, 0) is 42.3 Å². The molecule has 4 aliphatic rings. The second kappa shape index (κ2) is 3.99. The molecule has 4 rings (SSSR count). The fourth-order valence-corrected chi connectivity index (χ4v) is 4.01. The summed E-state index contributed by atoms with van der Waals surface area (Å²) in [5.74, 6) is 2.37. The van der Waals surface area contributed by atoms with Crippen LogP contribution in [0.25, 0.3) is 0 Å². The Bertz CT molecular complexity index is 303. The molecular formula is C14H25BO2. The Kier molecular flexibility index (Phi) is 2.83. The van der Waals surface area contributed by atoms with Crippen molar-refractivity contribution in [3.8, 4) is 0 Å². The molecule has 4 unspecified atom stereocenters. The first-order valence-corrected chi connectivity index (χ1v) is 7.29. The van der Waals surface area contributed by atoms with Crippen LogP contribution < -0.4 is 0 Å². The van der Waals surface area contributed by atoms with Crippen molar-refractivity contribution in [1.82, 2.24) is 0 Å². The summed E-state index contributed by atoms with van der Waals surface area (Å²) in [7, 11) is 0.0857. The molecular weight excluding hydrogens is 211 g/mol. The average Bonchev–Trinajstić information content (AvgIpc) is 2.68. The lowest BCUT2D eigenvalue weighted by Crippen LogP contribution is -2.59. The summed E-state index contributed by atoms with van der Waals surface area (Å²) < 4.78 is 12.3. The highest BCUT2D eigenvalue weighted by Gasteiger charge is 2.61. The van der Waals surface area contributed by atoms with Crippen molar-refractivity contribution in [2.24, 2.45) is 23.2 Å². The number of hydrogen-bond donors (Lipinski definition) is 0. The minimum absolute atomic E-state index is 0.0857. The van der Waals surface area contributed by atoms with Crippen molar-refractivity contribution < 1.29 is 9.31 Å². The van der Waals surface area contributed by atoms with Gasteiger partial charge in [0.1, 0.15) is 0 Å². The molecule has 4 atom stereocenters. The quantitative estimate of drug-likeness (QED) is 0.699. The molecule has 0 radical (unpaired) electrons. The molecule has 0 amide bonds. The van der Waals surface area contributed by atoms with Crippen LogP contribution in [0.15, 0.2) is 0 Å². The van der Waals surface area contributed by atoms with Crippen LogP contribution in [0.2, 0.25) is 6.32 Å². The van der Waals surface area contributed by atoms with Gasteiger partial charge >= 0.3 is 7.12 Å². The lowest BCUT2D eigenvalue weighted by Gasteiger charge is -2.60. The molecule has 3 aliphatic carbocycles. The molecule has 1 heterocycles. The maximum atomic E-state index is 6.18. The van der Waals surface area contributed by atoms with Crippen LogP contribution in [-0.2, 0) is 9.31 Å². The molecule has 17 heavy (non-hydrogen) atoms. The van der Waals surface area contributed by atoms with Crippen LogP contribution in [0.3, 0.4) is 0 Å². The van der Waals surface area contributed by atoms with E-state index in [1.807, 2.05) is 0 Å². The minimum atomic E-state index is 0.0857. The zero-order valence-corrected chi connectivity index (χ0v) is 11.6. The van der Waals surface area contributed by atoms with Crippen LogP contribution in [0.1, 0.15) is 47.0 Å². The molecule has 0 spiro atoms. The van der Waals surface area contributed by atoms with Crippen molar-refractivity contribution >= 4 is 7.12 Å². The molecule has 96 valence electrons. The third kappa shape index (κ3) is 1.86. The monoisotopic (exact) mass is 236 g/mol. The lowest BCUT2D eigenvalue weighted by atomic mass is 9.47. The van der Waals surface area contributed by atoms with Gasteiger partial charge in [0.2, 0.25) is 0 Å². The van der Waals surface area contributed by atoms with E-state index < -0.39 is 0 Å². The first-order valence-electron chi connectivity index (χ1n) is 7.29. The maximum absolute atomic E-state index is 6.18. The topological polar surface area (TPSA) is 18.5 Å². The highest BCUT2D eigenvalue weighted by Crippen LogP contribution is 2.61. The van der Waals surface area contributed by atoms with Gasteiger partial charge in [-0.25, -0.2) is 0 Å². The third-order valence-electron chi connectivity index (χ3n) is 5.44. The van der Waals surface area contributed by atoms with Gasteiger partial charge in [0.15, 0.2) is 0 Å². The Hall–Kier alpha value is -0.0151. The lowest BCUT2D eigenvalue weighted by molar-refractivity contribution is -0.150. The minimum Gasteiger partial charge on any atom is -0.406 e. The smallest absolute Gasteiger partial charge is 0.406 e. The summed E-state index contributed by atoms with van der Waals surface area (Å²) in [4.78, 5) is 0. The molecule has 0 aromatic rings. The summed E-state index contributed by atoms with van der Waals surface area (Å²) >= 11 is 0. The molecule has 3 saturated carbocycles. The first kappa shape index (κ1) is 12.0. The van der Waals surface area contributed by atoms with E-state index in [0.717, 1.165) is 24.1 Å². The fraction of sp³-hybridized carbons (Fsp3) is 1.00. The van der Waals surface area contributed by atoms with E-state index in [0.29, 0.717) is 17.6 Å². The Balaban J connectivity index is 1.60. The Labute approximate surface area is 106 Å². The normalized spacial score (nSPS) is 42.5. The molecule has 2 nitrogen and oxygen atoms in total. The van der Waals surface area contributed by atoms with Crippen LogP contribution >= 0.6 is 0 Å². The van der Waals surface area contributed by atoms with Crippen LogP contribution in [0.5, 0.6) is 0 Å². The van der Waals surface area contributed by atoms with Crippen LogP contribution in [0.4, 0.5) is 0 Å². The van der Waals surface area contributed by atoms with Gasteiger partial charge in [-0.2, -0.15) is 0 Å². The Morgan fingerprint density at radius 1 is 1.24 bits per heavy atom. The van der Waals surface area contributed by atoms with E-state index in [1.54, 1.807) is 0 Å². The molecule has 0 aromatic carbocycles. The Morgan fingerprint density at radius 3 is 2.65 bits per heavy atom. The second-order valence-electron chi connectivity index (χ2n) is 7.27. The average molecular weight is 236 g/mol. The van der Waals surface area contributed by atoms with E-state index in [4.69, 9.17) is 9.31 Å². The van der Waals surface area contributed by atoms with Crippen molar-refractivity contribution in [3.05, 3.63) is 0 Å².